The predicted octanol–water partition coefficient (Wildman–Crippen LogP) is 2.88. The third-order valence-corrected chi connectivity index (χ3v) is 5.20. The zero-order valence-electron chi connectivity index (χ0n) is 13.4. The Morgan fingerprint density at radius 3 is 2.73 bits per heavy atom. The Morgan fingerprint density at radius 2 is 2.05 bits per heavy atom. The quantitative estimate of drug-likeness (QED) is 0.926. The SMILES string of the molecule is CC1CN(Cc2csc(NC(=O)C3CCCC3)n2)CC(C)O1. The lowest BCUT2D eigenvalue weighted by molar-refractivity contribution is -0.119. The minimum absolute atomic E-state index is 0.145. The van der Waals surface area contributed by atoms with E-state index < -0.39 is 0 Å². The molecule has 3 rings (SSSR count). The van der Waals surface area contributed by atoms with Crippen molar-refractivity contribution < 1.29 is 9.53 Å². The first-order valence-electron chi connectivity index (χ1n) is 8.23. The highest BCUT2D eigenvalue weighted by Gasteiger charge is 2.24. The zero-order chi connectivity index (χ0) is 15.5. The topological polar surface area (TPSA) is 54.5 Å². The van der Waals surface area contributed by atoms with Crippen LogP contribution in [0.3, 0.4) is 0 Å². The van der Waals surface area contributed by atoms with Gasteiger partial charge in [0.15, 0.2) is 5.13 Å². The van der Waals surface area contributed by atoms with E-state index in [-0.39, 0.29) is 24.0 Å². The van der Waals surface area contributed by atoms with E-state index in [4.69, 9.17) is 4.74 Å². The molecule has 1 N–H and O–H groups in total. The van der Waals surface area contributed by atoms with Gasteiger partial charge in [-0.25, -0.2) is 4.98 Å². The third-order valence-electron chi connectivity index (χ3n) is 4.39. The van der Waals surface area contributed by atoms with Crippen LogP contribution in [0.4, 0.5) is 5.13 Å². The van der Waals surface area contributed by atoms with Gasteiger partial charge < -0.3 is 10.1 Å². The summed E-state index contributed by atoms with van der Waals surface area (Å²) in [5, 5.41) is 5.77. The van der Waals surface area contributed by atoms with Gasteiger partial charge in [-0.05, 0) is 26.7 Å². The molecule has 6 heteroatoms. The van der Waals surface area contributed by atoms with Crippen LogP contribution in [0, 0.1) is 5.92 Å². The van der Waals surface area contributed by atoms with Crippen molar-refractivity contribution in [2.24, 2.45) is 5.92 Å². The molecule has 1 aliphatic heterocycles. The highest BCUT2D eigenvalue weighted by Crippen LogP contribution is 2.27. The van der Waals surface area contributed by atoms with Gasteiger partial charge in [-0.2, -0.15) is 0 Å². The summed E-state index contributed by atoms with van der Waals surface area (Å²) < 4.78 is 5.75. The monoisotopic (exact) mass is 323 g/mol. The molecule has 0 radical (unpaired) electrons. The van der Waals surface area contributed by atoms with E-state index in [2.05, 4.69) is 34.4 Å². The van der Waals surface area contributed by atoms with E-state index in [0.717, 1.165) is 43.3 Å². The van der Waals surface area contributed by atoms with Crippen LogP contribution in [-0.4, -0.2) is 41.1 Å². The molecule has 0 bridgehead atoms. The maximum absolute atomic E-state index is 12.1. The number of morpholine rings is 1. The molecule has 1 saturated heterocycles. The molecule has 2 heterocycles. The molecular weight excluding hydrogens is 298 g/mol. The number of rotatable bonds is 4. The number of anilines is 1. The Labute approximate surface area is 136 Å². The van der Waals surface area contributed by atoms with Crippen molar-refractivity contribution in [2.45, 2.75) is 58.3 Å². The Kier molecular flexibility index (Phi) is 5.10. The zero-order valence-corrected chi connectivity index (χ0v) is 14.2. The molecule has 2 fully saturated rings. The van der Waals surface area contributed by atoms with E-state index >= 15 is 0 Å². The standard InChI is InChI=1S/C16H25N3O2S/c1-11-7-19(8-12(2)21-11)9-14-10-22-16(17-14)18-15(20)13-5-3-4-6-13/h10-13H,3-9H2,1-2H3,(H,17,18,20). The minimum atomic E-state index is 0.145. The number of hydrogen-bond acceptors (Lipinski definition) is 5. The molecule has 1 aliphatic carbocycles. The average molecular weight is 323 g/mol. The summed E-state index contributed by atoms with van der Waals surface area (Å²) in [6.07, 6.45) is 4.93. The lowest BCUT2D eigenvalue weighted by Crippen LogP contribution is -2.44. The number of aromatic nitrogens is 1. The normalized spacial score (nSPS) is 27.2. The largest absolute Gasteiger partial charge is 0.373 e. The summed E-state index contributed by atoms with van der Waals surface area (Å²) in [5.74, 6) is 0.334. The molecule has 22 heavy (non-hydrogen) atoms. The van der Waals surface area contributed by atoms with Gasteiger partial charge in [-0.3, -0.25) is 9.69 Å². The van der Waals surface area contributed by atoms with Crippen molar-refractivity contribution >= 4 is 22.4 Å². The Hall–Kier alpha value is -0.980. The fraction of sp³-hybridized carbons (Fsp3) is 0.750. The summed E-state index contributed by atoms with van der Waals surface area (Å²) >= 11 is 1.53. The van der Waals surface area contributed by atoms with Gasteiger partial charge in [0.2, 0.25) is 5.91 Å². The van der Waals surface area contributed by atoms with Crippen molar-refractivity contribution in [3.8, 4) is 0 Å². The van der Waals surface area contributed by atoms with Crippen LogP contribution in [-0.2, 0) is 16.1 Å². The smallest absolute Gasteiger partial charge is 0.229 e. The highest BCUT2D eigenvalue weighted by atomic mass is 32.1. The molecule has 1 amide bonds. The molecule has 1 aromatic heterocycles. The van der Waals surface area contributed by atoms with Gasteiger partial charge in [-0.1, -0.05) is 12.8 Å². The lowest BCUT2D eigenvalue weighted by atomic mass is 10.1. The molecular formula is C16H25N3O2S. The van der Waals surface area contributed by atoms with Crippen molar-refractivity contribution in [1.29, 1.82) is 0 Å². The fourth-order valence-electron chi connectivity index (χ4n) is 3.48. The van der Waals surface area contributed by atoms with E-state index in [1.807, 2.05) is 0 Å². The van der Waals surface area contributed by atoms with Gasteiger partial charge in [0, 0.05) is 30.9 Å². The number of thiazole rings is 1. The molecule has 5 nitrogen and oxygen atoms in total. The number of carbonyl (C=O) groups is 1. The molecule has 2 atom stereocenters. The second-order valence-electron chi connectivity index (χ2n) is 6.57. The number of ether oxygens (including phenoxy) is 1. The first-order valence-corrected chi connectivity index (χ1v) is 9.11. The second-order valence-corrected chi connectivity index (χ2v) is 7.42. The van der Waals surface area contributed by atoms with E-state index in [1.54, 1.807) is 0 Å². The van der Waals surface area contributed by atoms with Crippen LogP contribution in [0.5, 0.6) is 0 Å². The van der Waals surface area contributed by atoms with Gasteiger partial charge >= 0.3 is 0 Å². The third kappa shape index (κ3) is 4.06. The van der Waals surface area contributed by atoms with Crippen molar-refractivity contribution in [3.63, 3.8) is 0 Å². The summed E-state index contributed by atoms with van der Waals surface area (Å²) in [6.45, 7) is 6.92. The van der Waals surface area contributed by atoms with Crippen LogP contribution >= 0.6 is 11.3 Å². The molecule has 122 valence electrons. The van der Waals surface area contributed by atoms with E-state index in [1.165, 1.54) is 24.2 Å². The lowest BCUT2D eigenvalue weighted by Gasteiger charge is -2.34. The maximum Gasteiger partial charge on any atom is 0.229 e. The van der Waals surface area contributed by atoms with Crippen molar-refractivity contribution in [1.82, 2.24) is 9.88 Å². The second kappa shape index (κ2) is 7.06. The van der Waals surface area contributed by atoms with Gasteiger partial charge in [0.25, 0.3) is 0 Å². The summed E-state index contributed by atoms with van der Waals surface area (Å²) in [5.41, 5.74) is 1.04. The molecule has 1 saturated carbocycles. The van der Waals surface area contributed by atoms with Crippen molar-refractivity contribution in [3.05, 3.63) is 11.1 Å². The van der Waals surface area contributed by atoms with Crippen LogP contribution < -0.4 is 5.32 Å². The first-order chi connectivity index (χ1) is 10.6. The summed E-state index contributed by atoms with van der Waals surface area (Å²) in [7, 11) is 0. The maximum atomic E-state index is 12.1. The molecule has 2 aliphatic rings. The minimum Gasteiger partial charge on any atom is -0.373 e. The molecule has 0 aromatic carbocycles. The van der Waals surface area contributed by atoms with E-state index in [9.17, 15) is 4.79 Å². The first kappa shape index (κ1) is 15.9. The number of nitrogens with zero attached hydrogens (tertiary/aromatic N) is 2. The van der Waals surface area contributed by atoms with E-state index in [0.29, 0.717) is 0 Å². The Balaban J connectivity index is 1.53. The molecule has 2 unspecified atom stereocenters. The molecule has 1 aromatic rings. The van der Waals surface area contributed by atoms with Crippen molar-refractivity contribution in [2.75, 3.05) is 18.4 Å². The predicted molar refractivity (Wildman–Crippen MR) is 88.0 cm³/mol. The summed E-state index contributed by atoms with van der Waals surface area (Å²) in [4.78, 5) is 19.1. The Morgan fingerprint density at radius 1 is 1.36 bits per heavy atom. The number of nitrogens with one attached hydrogen (secondary N) is 1. The molecule has 0 spiro atoms. The van der Waals surface area contributed by atoms with Crippen LogP contribution in [0.25, 0.3) is 0 Å². The highest BCUT2D eigenvalue weighted by molar-refractivity contribution is 7.13. The Bertz CT molecular complexity index is 503. The van der Waals surface area contributed by atoms with Crippen LogP contribution in [0.15, 0.2) is 5.38 Å². The average Bonchev–Trinajstić information content (AvgIpc) is 3.09. The fourth-order valence-corrected chi connectivity index (χ4v) is 4.18. The number of carbonyl (C=O) groups excluding carboxylic acids is 1. The van der Waals surface area contributed by atoms with Crippen LogP contribution in [0.2, 0.25) is 0 Å². The van der Waals surface area contributed by atoms with Gasteiger partial charge in [-0.15, -0.1) is 11.3 Å². The van der Waals surface area contributed by atoms with Gasteiger partial charge in [0.1, 0.15) is 0 Å². The number of hydrogen-bond donors (Lipinski definition) is 1. The van der Waals surface area contributed by atoms with Gasteiger partial charge in [0.05, 0.1) is 17.9 Å². The summed E-state index contributed by atoms with van der Waals surface area (Å²) in [6, 6.07) is 0. The van der Waals surface area contributed by atoms with Crippen LogP contribution in [0.1, 0.15) is 45.2 Å². The number of amides is 1.